The Bertz CT molecular complexity index is 553. The Kier molecular flexibility index (Phi) is 5.12. The van der Waals surface area contributed by atoms with Gasteiger partial charge in [0.25, 0.3) is 0 Å². The smallest absolute Gasteiger partial charge is 0.230 e. The highest BCUT2D eigenvalue weighted by Crippen LogP contribution is 2.41. The van der Waals surface area contributed by atoms with Crippen molar-refractivity contribution in [2.45, 2.75) is 53.0 Å². The molecular formula is C19H30N2OS. The summed E-state index contributed by atoms with van der Waals surface area (Å²) in [6, 6.07) is 4.57. The Labute approximate surface area is 144 Å². The number of thiophene rings is 1. The summed E-state index contributed by atoms with van der Waals surface area (Å²) in [4.78, 5) is 20.3. The second-order valence-corrected chi connectivity index (χ2v) is 9.00. The topological polar surface area (TPSA) is 23.6 Å². The molecule has 4 heteroatoms. The van der Waals surface area contributed by atoms with Gasteiger partial charge >= 0.3 is 0 Å². The summed E-state index contributed by atoms with van der Waals surface area (Å²) >= 11 is 1.95. The van der Waals surface area contributed by atoms with Crippen LogP contribution in [-0.4, -0.2) is 41.9 Å². The van der Waals surface area contributed by atoms with Crippen molar-refractivity contribution in [1.82, 2.24) is 9.80 Å². The molecule has 3 rings (SSSR count). The van der Waals surface area contributed by atoms with E-state index in [2.05, 4.69) is 42.7 Å². The monoisotopic (exact) mass is 334 g/mol. The molecule has 1 aromatic heterocycles. The molecule has 23 heavy (non-hydrogen) atoms. The molecule has 2 saturated heterocycles. The van der Waals surface area contributed by atoms with Crippen LogP contribution in [0.15, 0.2) is 12.1 Å². The Morgan fingerprint density at radius 3 is 2.70 bits per heavy atom. The molecule has 1 aromatic rings. The number of hydrogen-bond donors (Lipinski definition) is 0. The Hall–Kier alpha value is -0.870. The average molecular weight is 335 g/mol. The molecule has 2 fully saturated rings. The van der Waals surface area contributed by atoms with E-state index >= 15 is 0 Å². The molecule has 3 nitrogen and oxygen atoms in total. The van der Waals surface area contributed by atoms with Crippen LogP contribution < -0.4 is 0 Å². The van der Waals surface area contributed by atoms with Gasteiger partial charge < -0.3 is 4.90 Å². The van der Waals surface area contributed by atoms with Crippen LogP contribution in [0.1, 0.15) is 49.8 Å². The number of carbonyl (C=O) groups is 1. The van der Waals surface area contributed by atoms with E-state index in [9.17, 15) is 4.79 Å². The molecule has 128 valence electrons. The first-order valence-corrected chi connectivity index (χ1v) is 9.93. The zero-order valence-electron chi connectivity index (χ0n) is 14.8. The molecule has 2 aliphatic rings. The first kappa shape index (κ1) is 17.0. The number of nitrogens with zero attached hydrogens (tertiary/aromatic N) is 2. The molecule has 2 aliphatic heterocycles. The van der Waals surface area contributed by atoms with Gasteiger partial charge in [0.2, 0.25) is 5.91 Å². The van der Waals surface area contributed by atoms with Crippen LogP contribution in [0, 0.1) is 11.3 Å². The summed E-state index contributed by atoms with van der Waals surface area (Å²) in [5.74, 6) is 1.14. The highest BCUT2D eigenvalue weighted by molar-refractivity contribution is 7.11. The first-order chi connectivity index (χ1) is 11.0. The summed E-state index contributed by atoms with van der Waals surface area (Å²) < 4.78 is 0. The van der Waals surface area contributed by atoms with Crippen LogP contribution >= 0.6 is 11.3 Å². The van der Waals surface area contributed by atoms with Gasteiger partial charge in [-0.15, -0.1) is 11.3 Å². The molecule has 0 radical (unpaired) electrons. The third kappa shape index (κ3) is 3.63. The lowest BCUT2D eigenvalue weighted by atomic mass is 9.85. The summed E-state index contributed by atoms with van der Waals surface area (Å²) in [5, 5.41) is 0. The van der Waals surface area contributed by atoms with Crippen molar-refractivity contribution < 1.29 is 4.79 Å². The van der Waals surface area contributed by atoms with Gasteiger partial charge in [0.05, 0.1) is 5.41 Å². The maximum absolute atomic E-state index is 12.7. The first-order valence-electron chi connectivity index (χ1n) is 9.12. The lowest BCUT2D eigenvalue weighted by Gasteiger charge is -2.23. The number of rotatable bonds is 6. The van der Waals surface area contributed by atoms with Crippen molar-refractivity contribution in [3.8, 4) is 0 Å². The fourth-order valence-corrected chi connectivity index (χ4v) is 5.36. The van der Waals surface area contributed by atoms with Crippen LogP contribution in [0.2, 0.25) is 0 Å². The molecule has 0 aliphatic carbocycles. The van der Waals surface area contributed by atoms with Crippen molar-refractivity contribution in [3.63, 3.8) is 0 Å². The molecular weight excluding hydrogens is 304 g/mol. The molecule has 0 bridgehead atoms. The predicted molar refractivity (Wildman–Crippen MR) is 96.7 cm³/mol. The summed E-state index contributed by atoms with van der Waals surface area (Å²) in [5.41, 5.74) is -0.0623. The maximum Gasteiger partial charge on any atom is 0.230 e. The number of carbonyl (C=O) groups excluding carboxylic acids is 1. The van der Waals surface area contributed by atoms with Crippen molar-refractivity contribution in [2.75, 3.05) is 26.2 Å². The van der Waals surface area contributed by atoms with E-state index in [4.69, 9.17) is 0 Å². The van der Waals surface area contributed by atoms with Gasteiger partial charge in [0.15, 0.2) is 0 Å². The summed E-state index contributed by atoms with van der Waals surface area (Å²) in [6.07, 6.45) is 4.36. The van der Waals surface area contributed by atoms with Crippen LogP contribution in [0.25, 0.3) is 0 Å². The van der Waals surface area contributed by atoms with Gasteiger partial charge in [-0.05, 0) is 50.3 Å². The Morgan fingerprint density at radius 1 is 1.22 bits per heavy atom. The standard InChI is InChI=1S/C19H30N2OS/c1-4-9-21-11-8-19(18(21)22)7-10-20(14-19)13-17-6-5-16(23-17)12-15(2)3/h5-6,15H,4,7-14H2,1-3H3. The molecule has 1 atom stereocenters. The normalized spacial score (nSPS) is 25.4. The van der Waals surface area contributed by atoms with Gasteiger partial charge in [0.1, 0.15) is 0 Å². The molecule has 1 unspecified atom stereocenters. The van der Waals surface area contributed by atoms with E-state index in [1.165, 1.54) is 16.2 Å². The molecule has 1 spiro atoms. The van der Waals surface area contributed by atoms with Gasteiger partial charge in [-0.1, -0.05) is 20.8 Å². The van der Waals surface area contributed by atoms with Crippen molar-refractivity contribution in [2.24, 2.45) is 11.3 Å². The minimum absolute atomic E-state index is 0.0623. The van der Waals surface area contributed by atoms with E-state index in [-0.39, 0.29) is 5.41 Å². The Morgan fingerprint density at radius 2 is 1.96 bits per heavy atom. The zero-order valence-corrected chi connectivity index (χ0v) is 15.6. The van der Waals surface area contributed by atoms with E-state index in [0.717, 1.165) is 57.9 Å². The fraction of sp³-hybridized carbons (Fsp3) is 0.737. The van der Waals surface area contributed by atoms with Gasteiger partial charge in [-0.2, -0.15) is 0 Å². The van der Waals surface area contributed by atoms with E-state index in [1.54, 1.807) is 0 Å². The van der Waals surface area contributed by atoms with Crippen LogP contribution in [0.3, 0.4) is 0 Å². The molecule has 0 N–H and O–H groups in total. The van der Waals surface area contributed by atoms with Crippen LogP contribution in [-0.2, 0) is 17.8 Å². The molecule has 0 aromatic carbocycles. The maximum atomic E-state index is 12.7. The van der Waals surface area contributed by atoms with Crippen LogP contribution in [0.4, 0.5) is 0 Å². The second kappa shape index (κ2) is 6.94. The van der Waals surface area contributed by atoms with E-state index in [1.807, 2.05) is 11.3 Å². The summed E-state index contributed by atoms with van der Waals surface area (Å²) in [6.45, 7) is 11.7. The average Bonchev–Trinajstić information content (AvgIpc) is 3.17. The lowest BCUT2D eigenvalue weighted by molar-refractivity contribution is -0.135. The third-order valence-electron chi connectivity index (χ3n) is 5.23. The van der Waals surface area contributed by atoms with Gasteiger partial charge in [-0.3, -0.25) is 9.69 Å². The molecule has 1 amide bonds. The number of likely N-dealkylation sites (tertiary alicyclic amines) is 2. The zero-order chi connectivity index (χ0) is 16.4. The van der Waals surface area contributed by atoms with E-state index < -0.39 is 0 Å². The van der Waals surface area contributed by atoms with Crippen molar-refractivity contribution >= 4 is 17.2 Å². The lowest BCUT2D eigenvalue weighted by Crippen LogP contribution is -2.37. The fourth-order valence-electron chi connectivity index (χ4n) is 4.09. The van der Waals surface area contributed by atoms with Crippen molar-refractivity contribution in [1.29, 1.82) is 0 Å². The molecule has 0 saturated carbocycles. The van der Waals surface area contributed by atoms with Crippen molar-refractivity contribution in [3.05, 3.63) is 21.9 Å². The summed E-state index contributed by atoms with van der Waals surface area (Å²) in [7, 11) is 0. The second-order valence-electron chi connectivity index (χ2n) is 7.75. The van der Waals surface area contributed by atoms with Gasteiger partial charge in [-0.25, -0.2) is 0 Å². The molecule has 3 heterocycles. The number of amides is 1. The Balaban J connectivity index is 1.58. The number of hydrogen-bond acceptors (Lipinski definition) is 3. The highest BCUT2D eigenvalue weighted by Gasteiger charge is 2.50. The predicted octanol–water partition coefficient (Wildman–Crippen LogP) is 3.78. The van der Waals surface area contributed by atoms with Crippen LogP contribution in [0.5, 0.6) is 0 Å². The minimum atomic E-state index is -0.0623. The largest absolute Gasteiger partial charge is 0.342 e. The van der Waals surface area contributed by atoms with Gasteiger partial charge in [0, 0.05) is 35.9 Å². The highest BCUT2D eigenvalue weighted by atomic mass is 32.1. The SMILES string of the molecule is CCCN1CCC2(CCN(Cc3ccc(CC(C)C)s3)C2)C1=O. The minimum Gasteiger partial charge on any atom is -0.342 e. The quantitative estimate of drug-likeness (QED) is 0.790. The van der Waals surface area contributed by atoms with E-state index in [0.29, 0.717) is 5.91 Å². The third-order valence-corrected chi connectivity index (χ3v) is 6.33.